The first-order valence-corrected chi connectivity index (χ1v) is 8.32. The van der Waals surface area contributed by atoms with Crippen LogP contribution < -0.4 is 9.47 Å². The molecule has 3 rings (SSSR count). The van der Waals surface area contributed by atoms with Crippen LogP contribution in [0.2, 0.25) is 0 Å². The third-order valence-corrected chi connectivity index (χ3v) is 3.87. The number of rotatable bonds is 7. The number of carbonyl (C=O) groups excluding carboxylic acids is 1. The van der Waals surface area contributed by atoms with Crippen LogP contribution in [0, 0.1) is 0 Å². The first-order chi connectivity index (χ1) is 12.8. The van der Waals surface area contributed by atoms with Gasteiger partial charge >= 0.3 is 5.97 Å². The Morgan fingerprint density at radius 2 is 1.42 bits per heavy atom. The molecule has 4 nitrogen and oxygen atoms in total. The molecule has 0 N–H and O–H groups in total. The minimum Gasteiger partial charge on any atom is -0.497 e. The second-order valence-electron chi connectivity index (χ2n) is 5.69. The van der Waals surface area contributed by atoms with Crippen molar-refractivity contribution >= 4 is 5.97 Å². The van der Waals surface area contributed by atoms with Gasteiger partial charge in [0.15, 0.2) is 0 Å². The largest absolute Gasteiger partial charge is 0.497 e. The summed E-state index contributed by atoms with van der Waals surface area (Å²) in [5.41, 5.74) is 2.34. The van der Waals surface area contributed by atoms with Gasteiger partial charge < -0.3 is 14.2 Å². The Morgan fingerprint density at radius 1 is 0.769 bits per heavy atom. The number of carbonyl (C=O) groups is 1. The third kappa shape index (κ3) is 4.63. The molecular formula is C22H20O4. The summed E-state index contributed by atoms with van der Waals surface area (Å²) in [4.78, 5) is 12.4. The van der Waals surface area contributed by atoms with Crippen LogP contribution in [0.25, 0.3) is 0 Å². The van der Waals surface area contributed by atoms with E-state index in [0.717, 1.165) is 16.9 Å². The fourth-order valence-corrected chi connectivity index (χ4v) is 2.44. The zero-order valence-corrected chi connectivity index (χ0v) is 14.6. The van der Waals surface area contributed by atoms with E-state index < -0.39 is 5.97 Å². The molecule has 3 aromatic rings. The van der Waals surface area contributed by atoms with Crippen molar-refractivity contribution < 1.29 is 19.0 Å². The summed E-state index contributed by atoms with van der Waals surface area (Å²) in [6, 6.07) is 24.3. The smallest absolute Gasteiger partial charge is 0.342 e. The molecule has 0 fully saturated rings. The van der Waals surface area contributed by atoms with Gasteiger partial charge in [0.1, 0.15) is 30.3 Å². The Bertz CT molecular complexity index is 842. The lowest BCUT2D eigenvalue weighted by Crippen LogP contribution is -2.08. The lowest BCUT2D eigenvalue weighted by Gasteiger charge is -2.11. The number of benzene rings is 3. The number of hydrogen-bond acceptors (Lipinski definition) is 4. The van der Waals surface area contributed by atoms with Gasteiger partial charge in [0.05, 0.1) is 7.11 Å². The molecule has 0 unspecified atom stereocenters. The highest BCUT2D eigenvalue weighted by atomic mass is 16.5. The zero-order chi connectivity index (χ0) is 18.2. The second-order valence-corrected chi connectivity index (χ2v) is 5.69. The fourth-order valence-electron chi connectivity index (χ4n) is 2.44. The predicted octanol–water partition coefficient (Wildman–Crippen LogP) is 4.63. The van der Waals surface area contributed by atoms with Crippen molar-refractivity contribution in [2.24, 2.45) is 0 Å². The van der Waals surface area contributed by atoms with Crippen LogP contribution in [0.1, 0.15) is 21.5 Å². The van der Waals surface area contributed by atoms with Gasteiger partial charge in [0, 0.05) is 0 Å². The highest BCUT2D eigenvalue weighted by molar-refractivity contribution is 5.92. The van der Waals surface area contributed by atoms with Crippen LogP contribution in [-0.2, 0) is 18.0 Å². The maximum atomic E-state index is 12.4. The molecule has 0 spiro atoms. The van der Waals surface area contributed by atoms with Crippen LogP contribution in [0.3, 0.4) is 0 Å². The van der Waals surface area contributed by atoms with Crippen LogP contribution >= 0.6 is 0 Å². The van der Waals surface area contributed by atoms with Gasteiger partial charge in [0.25, 0.3) is 0 Å². The Morgan fingerprint density at radius 3 is 2.15 bits per heavy atom. The molecule has 132 valence electrons. The summed E-state index contributed by atoms with van der Waals surface area (Å²) in [5, 5.41) is 0. The van der Waals surface area contributed by atoms with Gasteiger partial charge in [0.2, 0.25) is 0 Å². The summed E-state index contributed by atoms with van der Waals surface area (Å²) in [7, 11) is 1.61. The van der Waals surface area contributed by atoms with Crippen LogP contribution in [0.15, 0.2) is 78.9 Å². The molecular weight excluding hydrogens is 328 g/mol. The van der Waals surface area contributed by atoms with Gasteiger partial charge in [-0.05, 0) is 35.4 Å². The number of hydrogen-bond donors (Lipinski definition) is 0. The van der Waals surface area contributed by atoms with E-state index >= 15 is 0 Å². The molecule has 0 saturated carbocycles. The maximum absolute atomic E-state index is 12.4. The zero-order valence-electron chi connectivity index (χ0n) is 14.6. The SMILES string of the molecule is COc1ccc(COC(=O)c2ccccc2OCc2ccccc2)cc1. The van der Waals surface area contributed by atoms with Gasteiger partial charge in [-0.3, -0.25) is 0 Å². The van der Waals surface area contributed by atoms with Crippen molar-refractivity contribution in [3.05, 3.63) is 95.6 Å². The molecule has 4 heteroatoms. The molecule has 0 atom stereocenters. The molecule has 26 heavy (non-hydrogen) atoms. The van der Waals surface area contributed by atoms with E-state index in [4.69, 9.17) is 14.2 Å². The molecule has 0 aliphatic rings. The molecule has 0 radical (unpaired) electrons. The molecule has 0 aliphatic heterocycles. The average Bonchev–Trinajstić information content (AvgIpc) is 2.72. The van der Waals surface area contributed by atoms with Gasteiger partial charge in [-0.15, -0.1) is 0 Å². The number of ether oxygens (including phenoxy) is 3. The maximum Gasteiger partial charge on any atom is 0.342 e. The van der Waals surface area contributed by atoms with Crippen molar-refractivity contribution in [3.63, 3.8) is 0 Å². The second kappa shape index (κ2) is 8.72. The average molecular weight is 348 g/mol. The van der Waals surface area contributed by atoms with E-state index in [1.807, 2.05) is 60.7 Å². The molecule has 0 aliphatic carbocycles. The summed E-state index contributed by atoms with van der Waals surface area (Å²) in [5.74, 6) is 0.861. The van der Waals surface area contributed by atoms with Crippen LogP contribution in [-0.4, -0.2) is 13.1 Å². The quantitative estimate of drug-likeness (QED) is 0.584. The van der Waals surface area contributed by atoms with Crippen molar-refractivity contribution in [3.8, 4) is 11.5 Å². The van der Waals surface area contributed by atoms with Crippen molar-refractivity contribution in [1.82, 2.24) is 0 Å². The lowest BCUT2D eigenvalue weighted by atomic mass is 10.2. The molecule has 0 aromatic heterocycles. The summed E-state index contributed by atoms with van der Waals surface area (Å²) >= 11 is 0. The third-order valence-electron chi connectivity index (χ3n) is 3.87. The van der Waals surface area contributed by atoms with E-state index in [1.54, 1.807) is 25.3 Å². The fraction of sp³-hybridized carbons (Fsp3) is 0.136. The molecule has 0 heterocycles. The molecule has 0 bridgehead atoms. The Labute approximate surface area is 153 Å². The first kappa shape index (κ1) is 17.5. The number of methoxy groups -OCH3 is 1. The van der Waals surface area contributed by atoms with E-state index in [9.17, 15) is 4.79 Å². The summed E-state index contributed by atoms with van der Waals surface area (Å²) < 4.78 is 16.3. The summed E-state index contributed by atoms with van der Waals surface area (Å²) in [6.45, 7) is 0.583. The molecule has 0 saturated heterocycles. The monoisotopic (exact) mass is 348 g/mol. The van der Waals surface area contributed by atoms with Crippen molar-refractivity contribution in [1.29, 1.82) is 0 Å². The van der Waals surface area contributed by atoms with Crippen LogP contribution in [0.5, 0.6) is 11.5 Å². The van der Waals surface area contributed by atoms with Gasteiger partial charge in [-0.25, -0.2) is 4.79 Å². The van der Waals surface area contributed by atoms with E-state index in [1.165, 1.54) is 0 Å². The number of esters is 1. The Balaban J connectivity index is 1.63. The first-order valence-electron chi connectivity index (χ1n) is 8.32. The standard InChI is InChI=1S/C22H20O4/c1-24-19-13-11-18(12-14-19)16-26-22(23)20-9-5-6-10-21(20)25-15-17-7-3-2-4-8-17/h2-14H,15-16H2,1H3. The van der Waals surface area contributed by atoms with Crippen molar-refractivity contribution in [2.75, 3.05) is 7.11 Å². The van der Waals surface area contributed by atoms with Gasteiger partial charge in [-0.2, -0.15) is 0 Å². The Hall–Kier alpha value is -3.27. The highest BCUT2D eigenvalue weighted by Crippen LogP contribution is 2.21. The van der Waals surface area contributed by atoms with E-state index in [2.05, 4.69) is 0 Å². The molecule has 3 aromatic carbocycles. The Kier molecular flexibility index (Phi) is 5.88. The van der Waals surface area contributed by atoms with Crippen molar-refractivity contribution in [2.45, 2.75) is 13.2 Å². The minimum absolute atomic E-state index is 0.190. The predicted molar refractivity (Wildman–Crippen MR) is 99.3 cm³/mol. The minimum atomic E-state index is -0.413. The highest BCUT2D eigenvalue weighted by Gasteiger charge is 2.14. The van der Waals surface area contributed by atoms with Crippen LogP contribution in [0.4, 0.5) is 0 Å². The molecule has 0 amide bonds. The lowest BCUT2D eigenvalue weighted by molar-refractivity contribution is 0.0467. The number of para-hydroxylation sites is 1. The normalized spacial score (nSPS) is 10.2. The van der Waals surface area contributed by atoms with E-state index in [-0.39, 0.29) is 6.61 Å². The summed E-state index contributed by atoms with van der Waals surface area (Å²) in [6.07, 6.45) is 0. The topological polar surface area (TPSA) is 44.8 Å². The van der Waals surface area contributed by atoms with Gasteiger partial charge in [-0.1, -0.05) is 54.6 Å². The van der Waals surface area contributed by atoms with E-state index in [0.29, 0.717) is 17.9 Å².